The summed E-state index contributed by atoms with van der Waals surface area (Å²) in [7, 11) is 0. The Morgan fingerprint density at radius 2 is 1.95 bits per heavy atom. The number of carbonyl (C=O) groups excluding carboxylic acids is 1. The maximum Gasteiger partial charge on any atom is 0.410 e. The van der Waals surface area contributed by atoms with Gasteiger partial charge in [0.15, 0.2) is 11.5 Å². The van der Waals surface area contributed by atoms with E-state index in [1.54, 1.807) is 27.9 Å². The zero-order valence-electron chi connectivity index (χ0n) is 21.2. The molecule has 9 heteroatoms. The number of hydrogen-bond donors (Lipinski definition) is 1. The van der Waals surface area contributed by atoms with Crippen LogP contribution >= 0.6 is 0 Å². The van der Waals surface area contributed by atoms with Gasteiger partial charge in [-0.3, -0.25) is 9.38 Å². The summed E-state index contributed by atoms with van der Waals surface area (Å²) in [4.78, 5) is 27.8. The second-order valence-corrected chi connectivity index (χ2v) is 10.2. The van der Waals surface area contributed by atoms with E-state index >= 15 is 0 Å². The van der Waals surface area contributed by atoms with Gasteiger partial charge in [-0.2, -0.15) is 5.26 Å². The summed E-state index contributed by atoms with van der Waals surface area (Å²) in [5, 5.41) is 13.2. The average Bonchev–Trinajstić information content (AvgIpc) is 3.35. The van der Waals surface area contributed by atoms with Crippen LogP contribution in [0.4, 0.5) is 10.6 Å². The zero-order chi connectivity index (χ0) is 26.0. The lowest BCUT2D eigenvalue weighted by molar-refractivity contribution is 0.0206. The highest BCUT2D eigenvalue weighted by Gasteiger charge is 2.28. The number of ether oxygens (including phenoxy) is 1. The van der Waals surface area contributed by atoms with E-state index in [9.17, 15) is 10.1 Å². The van der Waals surface area contributed by atoms with Crippen LogP contribution in [0.2, 0.25) is 0 Å². The van der Waals surface area contributed by atoms with Gasteiger partial charge in [0, 0.05) is 43.3 Å². The van der Waals surface area contributed by atoms with Crippen LogP contribution in [0.5, 0.6) is 0 Å². The van der Waals surface area contributed by atoms with Gasteiger partial charge in [0.05, 0.1) is 11.9 Å². The Balaban J connectivity index is 1.43. The standard InChI is InChI=1S/C28H29N7O2/c1-28(2,3)37-27(36)34-13-5-8-22(17-34)32-25-26-33-24(18-35(26)23(15-29)16-31-25)21-7-4-6-20(14-21)19-9-11-30-12-10-19/h4,6-7,9-12,14,16,18,22H,5,8,13,17H2,1-3H3,(H,31,32)/t22-/m0/s1. The Bertz CT molecular complexity index is 1470. The van der Waals surface area contributed by atoms with Crippen molar-refractivity contribution in [2.24, 2.45) is 0 Å². The van der Waals surface area contributed by atoms with Crippen LogP contribution in [0.3, 0.4) is 0 Å². The minimum absolute atomic E-state index is 0.0133. The largest absolute Gasteiger partial charge is 0.444 e. The summed E-state index contributed by atoms with van der Waals surface area (Å²) in [5.74, 6) is 0.576. The Labute approximate surface area is 215 Å². The first-order valence-electron chi connectivity index (χ1n) is 12.3. The van der Waals surface area contributed by atoms with E-state index in [0.717, 1.165) is 35.2 Å². The molecule has 1 fully saturated rings. The van der Waals surface area contributed by atoms with E-state index in [1.807, 2.05) is 57.3 Å². The van der Waals surface area contributed by atoms with E-state index in [4.69, 9.17) is 9.72 Å². The van der Waals surface area contributed by atoms with Crippen molar-refractivity contribution in [1.29, 1.82) is 5.26 Å². The molecule has 188 valence electrons. The second-order valence-electron chi connectivity index (χ2n) is 10.2. The monoisotopic (exact) mass is 495 g/mol. The summed E-state index contributed by atoms with van der Waals surface area (Å²) >= 11 is 0. The summed E-state index contributed by atoms with van der Waals surface area (Å²) in [5.41, 5.74) is 4.21. The molecule has 1 aliphatic rings. The molecule has 4 heterocycles. The number of pyridine rings is 1. The minimum atomic E-state index is -0.542. The number of rotatable bonds is 4. The number of likely N-dealkylation sites (tertiary alicyclic amines) is 1. The highest BCUT2D eigenvalue weighted by Crippen LogP contribution is 2.28. The van der Waals surface area contributed by atoms with Gasteiger partial charge in [-0.15, -0.1) is 0 Å². The number of nitrogens with zero attached hydrogens (tertiary/aromatic N) is 6. The molecule has 0 spiro atoms. The fraction of sp³-hybridized carbons (Fsp3) is 0.321. The summed E-state index contributed by atoms with van der Waals surface area (Å²) in [6.45, 7) is 6.76. The number of benzene rings is 1. The van der Waals surface area contributed by atoms with Crippen LogP contribution in [0, 0.1) is 11.3 Å². The van der Waals surface area contributed by atoms with E-state index in [-0.39, 0.29) is 12.1 Å². The van der Waals surface area contributed by atoms with Crippen molar-refractivity contribution in [2.75, 3.05) is 18.4 Å². The van der Waals surface area contributed by atoms with Crippen LogP contribution in [0.15, 0.2) is 61.2 Å². The molecule has 1 aromatic carbocycles. The number of piperidine rings is 1. The Kier molecular flexibility index (Phi) is 6.49. The predicted molar refractivity (Wildman–Crippen MR) is 141 cm³/mol. The van der Waals surface area contributed by atoms with Gasteiger partial charge < -0.3 is 15.0 Å². The molecule has 0 radical (unpaired) electrons. The van der Waals surface area contributed by atoms with E-state index in [0.29, 0.717) is 30.2 Å². The zero-order valence-corrected chi connectivity index (χ0v) is 21.2. The highest BCUT2D eigenvalue weighted by molar-refractivity contribution is 5.75. The van der Waals surface area contributed by atoms with Crippen molar-refractivity contribution >= 4 is 17.6 Å². The third-order valence-electron chi connectivity index (χ3n) is 6.19. The van der Waals surface area contributed by atoms with Gasteiger partial charge in [0.2, 0.25) is 0 Å². The van der Waals surface area contributed by atoms with Crippen molar-refractivity contribution in [3.05, 3.63) is 66.9 Å². The topological polar surface area (TPSA) is 108 Å². The number of carbonyl (C=O) groups is 1. The molecule has 3 aromatic heterocycles. The molecular weight excluding hydrogens is 466 g/mol. The number of anilines is 1. The van der Waals surface area contributed by atoms with Crippen molar-refractivity contribution in [2.45, 2.75) is 45.3 Å². The summed E-state index contributed by atoms with van der Waals surface area (Å²) < 4.78 is 7.32. The molecule has 37 heavy (non-hydrogen) atoms. The van der Waals surface area contributed by atoms with Crippen molar-refractivity contribution in [1.82, 2.24) is 24.3 Å². The molecule has 0 bridgehead atoms. The van der Waals surface area contributed by atoms with Crippen LogP contribution in [0.25, 0.3) is 28.0 Å². The predicted octanol–water partition coefficient (Wildman–Crippen LogP) is 5.14. The van der Waals surface area contributed by atoms with Crippen LogP contribution in [-0.4, -0.2) is 55.1 Å². The molecule has 1 N–H and O–H groups in total. The first-order chi connectivity index (χ1) is 17.8. The Morgan fingerprint density at radius 1 is 1.16 bits per heavy atom. The number of nitriles is 1. The molecule has 9 nitrogen and oxygen atoms in total. The average molecular weight is 496 g/mol. The molecular formula is C28H29N7O2. The van der Waals surface area contributed by atoms with Crippen molar-refractivity contribution in [3.8, 4) is 28.5 Å². The molecule has 1 aliphatic heterocycles. The molecule has 1 saturated heterocycles. The SMILES string of the molecule is CC(C)(C)OC(=O)N1CCC[C@H](Nc2ncc(C#N)n3cc(-c4cccc(-c5ccncc5)c4)nc23)C1. The van der Waals surface area contributed by atoms with E-state index in [2.05, 4.69) is 27.4 Å². The van der Waals surface area contributed by atoms with Gasteiger partial charge in [0.1, 0.15) is 17.4 Å². The second kappa shape index (κ2) is 9.90. The maximum atomic E-state index is 12.6. The summed E-state index contributed by atoms with van der Waals surface area (Å²) in [6.07, 6.45) is 8.37. The lowest BCUT2D eigenvalue weighted by Gasteiger charge is -2.34. The molecule has 1 amide bonds. The van der Waals surface area contributed by atoms with E-state index in [1.165, 1.54) is 0 Å². The van der Waals surface area contributed by atoms with Gasteiger partial charge in [0.25, 0.3) is 0 Å². The van der Waals surface area contributed by atoms with Gasteiger partial charge >= 0.3 is 6.09 Å². The summed E-state index contributed by atoms with van der Waals surface area (Å²) in [6, 6.07) is 14.2. The Hall–Kier alpha value is -4.45. The Morgan fingerprint density at radius 3 is 2.70 bits per heavy atom. The van der Waals surface area contributed by atoms with Gasteiger partial charge in [-0.25, -0.2) is 14.8 Å². The van der Waals surface area contributed by atoms with Crippen LogP contribution in [-0.2, 0) is 4.74 Å². The normalized spacial score (nSPS) is 15.8. The van der Waals surface area contributed by atoms with Crippen LogP contribution in [0.1, 0.15) is 39.3 Å². The van der Waals surface area contributed by atoms with Crippen molar-refractivity contribution in [3.63, 3.8) is 0 Å². The number of hydrogen-bond acceptors (Lipinski definition) is 7. The molecule has 0 aliphatic carbocycles. The van der Waals surface area contributed by atoms with Gasteiger partial charge in [-0.05, 0) is 62.9 Å². The number of nitrogens with one attached hydrogen (secondary N) is 1. The van der Waals surface area contributed by atoms with E-state index < -0.39 is 5.60 Å². The minimum Gasteiger partial charge on any atom is -0.444 e. The first-order valence-corrected chi connectivity index (χ1v) is 12.3. The first kappa shape index (κ1) is 24.3. The molecule has 0 unspecified atom stereocenters. The molecule has 0 saturated carbocycles. The maximum absolute atomic E-state index is 12.6. The number of imidazole rings is 1. The van der Waals surface area contributed by atoms with Crippen molar-refractivity contribution < 1.29 is 9.53 Å². The quantitative estimate of drug-likeness (QED) is 0.417. The fourth-order valence-corrected chi connectivity index (χ4v) is 4.48. The smallest absolute Gasteiger partial charge is 0.410 e. The van der Waals surface area contributed by atoms with Crippen LogP contribution < -0.4 is 5.32 Å². The number of amides is 1. The molecule has 1 atom stereocenters. The third-order valence-corrected chi connectivity index (χ3v) is 6.19. The number of fused-ring (bicyclic) bond motifs is 1. The van der Waals surface area contributed by atoms with Gasteiger partial charge in [-0.1, -0.05) is 18.2 Å². The molecule has 4 aromatic rings. The molecule has 5 rings (SSSR count). The lowest BCUT2D eigenvalue weighted by Crippen LogP contribution is -2.47. The number of aromatic nitrogens is 4. The highest BCUT2D eigenvalue weighted by atomic mass is 16.6. The fourth-order valence-electron chi connectivity index (χ4n) is 4.48. The lowest BCUT2D eigenvalue weighted by atomic mass is 10.0. The third kappa shape index (κ3) is 5.38.